The molecular formula is C15H11N5O2S2. The van der Waals surface area contributed by atoms with Crippen LogP contribution in [0.25, 0.3) is 22.1 Å². The minimum Gasteiger partial charge on any atom is -0.480 e. The van der Waals surface area contributed by atoms with Gasteiger partial charge in [-0.2, -0.15) is 5.26 Å². The number of carbonyl (C=O) groups is 1. The lowest BCUT2D eigenvalue weighted by molar-refractivity contribution is -0.138. The number of nitriles is 1. The smallest absolute Gasteiger partial charge is 0.320 e. The van der Waals surface area contributed by atoms with E-state index in [1.165, 1.54) is 22.7 Å². The molecule has 0 fully saturated rings. The molecule has 7 nitrogen and oxygen atoms in total. The Morgan fingerprint density at radius 3 is 2.88 bits per heavy atom. The second-order valence-electron chi connectivity index (χ2n) is 4.82. The highest BCUT2D eigenvalue weighted by Gasteiger charge is 2.17. The van der Waals surface area contributed by atoms with Gasteiger partial charge >= 0.3 is 5.97 Å². The standard InChI is InChI=1S/C15H11N5O2S2/c16-5-8-2-1-3-18-13(8)10-6-24-14(20-10)11-7-23-12(19-11)4-9(17)15(21)22/h1-3,6-7,9H,4,17H2,(H,21,22)/t9-/m0/s1. The van der Waals surface area contributed by atoms with Crippen LogP contribution >= 0.6 is 22.7 Å². The summed E-state index contributed by atoms with van der Waals surface area (Å²) in [5.41, 5.74) is 7.80. The van der Waals surface area contributed by atoms with Crippen molar-refractivity contribution >= 4 is 28.6 Å². The molecule has 0 saturated heterocycles. The number of thiazole rings is 2. The Morgan fingerprint density at radius 1 is 1.33 bits per heavy atom. The highest BCUT2D eigenvalue weighted by Crippen LogP contribution is 2.30. The second-order valence-corrected chi connectivity index (χ2v) is 6.63. The molecule has 0 aliphatic rings. The van der Waals surface area contributed by atoms with E-state index in [1.807, 2.05) is 10.8 Å². The number of carboxylic acid groups (broad SMARTS) is 1. The zero-order valence-electron chi connectivity index (χ0n) is 12.2. The molecule has 3 aromatic rings. The third-order valence-corrected chi connectivity index (χ3v) is 4.89. The van der Waals surface area contributed by atoms with Crippen LogP contribution in [0.2, 0.25) is 0 Å². The summed E-state index contributed by atoms with van der Waals surface area (Å²) in [6, 6.07) is 4.52. The van der Waals surface area contributed by atoms with Gasteiger partial charge in [-0.1, -0.05) is 0 Å². The summed E-state index contributed by atoms with van der Waals surface area (Å²) >= 11 is 2.74. The van der Waals surface area contributed by atoms with Crippen molar-refractivity contribution in [3.8, 4) is 28.2 Å². The van der Waals surface area contributed by atoms with Crippen LogP contribution < -0.4 is 5.73 Å². The van der Waals surface area contributed by atoms with E-state index < -0.39 is 12.0 Å². The van der Waals surface area contributed by atoms with Gasteiger partial charge in [0.25, 0.3) is 0 Å². The number of aliphatic carboxylic acids is 1. The van der Waals surface area contributed by atoms with Gasteiger partial charge in [0.15, 0.2) is 0 Å². The molecule has 0 amide bonds. The molecule has 1 atom stereocenters. The molecule has 120 valence electrons. The molecule has 9 heteroatoms. The van der Waals surface area contributed by atoms with E-state index >= 15 is 0 Å². The Hall–Kier alpha value is -2.67. The fourth-order valence-corrected chi connectivity index (χ4v) is 3.66. The summed E-state index contributed by atoms with van der Waals surface area (Å²) < 4.78 is 0. The molecule has 0 saturated carbocycles. The van der Waals surface area contributed by atoms with Crippen molar-refractivity contribution in [2.24, 2.45) is 5.73 Å². The number of nitrogens with zero attached hydrogens (tertiary/aromatic N) is 4. The number of aromatic nitrogens is 3. The van der Waals surface area contributed by atoms with E-state index in [4.69, 9.17) is 16.1 Å². The van der Waals surface area contributed by atoms with Gasteiger partial charge in [-0.05, 0) is 12.1 Å². The quantitative estimate of drug-likeness (QED) is 0.716. The number of pyridine rings is 1. The molecule has 0 aliphatic carbocycles. The first kappa shape index (κ1) is 16.2. The van der Waals surface area contributed by atoms with Crippen molar-refractivity contribution in [2.75, 3.05) is 0 Å². The summed E-state index contributed by atoms with van der Waals surface area (Å²) in [7, 11) is 0. The maximum atomic E-state index is 10.8. The highest BCUT2D eigenvalue weighted by molar-refractivity contribution is 7.14. The Bertz CT molecular complexity index is 928. The summed E-state index contributed by atoms with van der Waals surface area (Å²) in [4.78, 5) is 23.9. The zero-order chi connectivity index (χ0) is 17.1. The van der Waals surface area contributed by atoms with E-state index in [0.29, 0.717) is 32.7 Å². The zero-order valence-corrected chi connectivity index (χ0v) is 13.8. The van der Waals surface area contributed by atoms with Crippen LogP contribution in [0, 0.1) is 11.3 Å². The SMILES string of the molecule is N#Cc1cccnc1-c1csc(-c2csc(C[C@H](N)C(=O)O)n2)n1. The molecule has 0 spiro atoms. The van der Waals surface area contributed by atoms with Crippen LogP contribution in [0.15, 0.2) is 29.1 Å². The van der Waals surface area contributed by atoms with Crippen molar-refractivity contribution < 1.29 is 9.90 Å². The first-order chi connectivity index (χ1) is 11.6. The summed E-state index contributed by atoms with van der Waals surface area (Å²) in [5.74, 6) is -1.05. The van der Waals surface area contributed by atoms with Crippen molar-refractivity contribution in [1.29, 1.82) is 5.26 Å². The molecule has 0 unspecified atom stereocenters. The van der Waals surface area contributed by atoms with Gasteiger partial charge in [-0.25, -0.2) is 9.97 Å². The maximum Gasteiger partial charge on any atom is 0.320 e. The lowest BCUT2D eigenvalue weighted by Crippen LogP contribution is -2.32. The second kappa shape index (κ2) is 6.84. The third-order valence-electron chi connectivity index (χ3n) is 3.16. The Labute approximate surface area is 145 Å². The average molecular weight is 357 g/mol. The Balaban J connectivity index is 1.85. The van der Waals surface area contributed by atoms with Gasteiger partial charge in [-0.15, -0.1) is 22.7 Å². The first-order valence-corrected chi connectivity index (χ1v) is 8.58. The van der Waals surface area contributed by atoms with Crippen LogP contribution in [0.4, 0.5) is 0 Å². The molecule has 3 heterocycles. The molecule has 3 rings (SSSR count). The van der Waals surface area contributed by atoms with Gasteiger partial charge in [0.1, 0.15) is 34.2 Å². The Kier molecular flexibility index (Phi) is 4.61. The fraction of sp³-hybridized carbons (Fsp3) is 0.133. The molecular weight excluding hydrogens is 346 g/mol. The largest absolute Gasteiger partial charge is 0.480 e. The van der Waals surface area contributed by atoms with Crippen LogP contribution in [0.3, 0.4) is 0 Å². The number of carboxylic acids is 1. The fourth-order valence-electron chi connectivity index (χ4n) is 1.98. The molecule has 3 aromatic heterocycles. The third kappa shape index (κ3) is 3.30. The lowest BCUT2D eigenvalue weighted by atomic mass is 10.2. The summed E-state index contributed by atoms with van der Waals surface area (Å²) in [6.07, 6.45) is 1.79. The van der Waals surface area contributed by atoms with E-state index in [9.17, 15) is 4.79 Å². The monoisotopic (exact) mass is 357 g/mol. The van der Waals surface area contributed by atoms with Crippen LogP contribution in [0.1, 0.15) is 10.6 Å². The minimum absolute atomic E-state index is 0.178. The van der Waals surface area contributed by atoms with Gasteiger partial charge in [0.2, 0.25) is 0 Å². The van der Waals surface area contributed by atoms with E-state index in [1.54, 1.807) is 18.3 Å². The number of rotatable bonds is 5. The molecule has 3 N–H and O–H groups in total. The summed E-state index contributed by atoms with van der Waals surface area (Å²) in [5, 5.41) is 23.0. The first-order valence-electron chi connectivity index (χ1n) is 6.82. The van der Waals surface area contributed by atoms with Gasteiger partial charge in [-0.3, -0.25) is 9.78 Å². The van der Waals surface area contributed by atoms with Gasteiger partial charge < -0.3 is 10.8 Å². The Morgan fingerprint density at radius 2 is 2.12 bits per heavy atom. The van der Waals surface area contributed by atoms with Crippen molar-refractivity contribution in [3.63, 3.8) is 0 Å². The minimum atomic E-state index is -1.05. The molecule has 0 aromatic carbocycles. The van der Waals surface area contributed by atoms with Gasteiger partial charge in [0.05, 0.1) is 10.6 Å². The number of hydrogen-bond donors (Lipinski definition) is 2. The van der Waals surface area contributed by atoms with Crippen LogP contribution in [-0.2, 0) is 11.2 Å². The normalized spacial score (nSPS) is 11.8. The van der Waals surface area contributed by atoms with Crippen molar-refractivity contribution in [2.45, 2.75) is 12.5 Å². The van der Waals surface area contributed by atoms with Crippen LogP contribution in [-0.4, -0.2) is 32.1 Å². The van der Waals surface area contributed by atoms with E-state index in [0.717, 1.165) is 0 Å². The predicted molar refractivity (Wildman–Crippen MR) is 90.5 cm³/mol. The van der Waals surface area contributed by atoms with E-state index in [2.05, 4.69) is 21.0 Å². The molecule has 24 heavy (non-hydrogen) atoms. The molecule has 0 bridgehead atoms. The topological polar surface area (TPSA) is 126 Å². The number of nitrogens with two attached hydrogens (primary N) is 1. The van der Waals surface area contributed by atoms with Gasteiger partial charge in [0, 0.05) is 23.4 Å². The van der Waals surface area contributed by atoms with Crippen molar-refractivity contribution in [1.82, 2.24) is 15.0 Å². The summed E-state index contributed by atoms with van der Waals surface area (Å²) in [6.45, 7) is 0. The highest BCUT2D eigenvalue weighted by atomic mass is 32.1. The lowest BCUT2D eigenvalue weighted by Gasteiger charge is -2.01. The predicted octanol–water partition coefficient (Wildman–Crippen LogP) is 2.15. The average Bonchev–Trinajstić information content (AvgIpc) is 3.23. The van der Waals surface area contributed by atoms with E-state index in [-0.39, 0.29) is 6.42 Å². The molecule has 0 radical (unpaired) electrons. The van der Waals surface area contributed by atoms with Crippen LogP contribution in [0.5, 0.6) is 0 Å². The van der Waals surface area contributed by atoms with Crippen molar-refractivity contribution in [3.05, 3.63) is 39.7 Å². The maximum absolute atomic E-state index is 10.8. The molecule has 0 aliphatic heterocycles. The number of hydrogen-bond acceptors (Lipinski definition) is 8.